The summed E-state index contributed by atoms with van der Waals surface area (Å²) in [7, 11) is 0. The topological polar surface area (TPSA) is 46.6 Å². The molecule has 1 aromatic rings. The number of carbonyl (C=O) groups excluding carboxylic acids is 2. The molecule has 0 saturated carbocycles. The van der Waals surface area contributed by atoms with Crippen molar-refractivity contribution < 1.29 is 18.7 Å². The van der Waals surface area contributed by atoms with Gasteiger partial charge in [0.05, 0.1) is 5.02 Å². The fourth-order valence-electron chi connectivity index (χ4n) is 2.51. The quantitative estimate of drug-likeness (QED) is 0.689. The highest BCUT2D eigenvalue weighted by Gasteiger charge is 2.44. The van der Waals surface area contributed by atoms with Gasteiger partial charge in [0.15, 0.2) is 5.67 Å². The fraction of sp³-hybridized carbons (Fsp3) is 0.529. The summed E-state index contributed by atoms with van der Waals surface area (Å²) < 4.78 is 20.4. The second kappa shape index (κ2) is 6.89. The monoisotopic (exact) mass is 375 g/mol. The van der Waals surface area contributed by atoms with Crippen molar-refractivity contribution >= 4 is 35.1 Å². The van der Waals surface area contributed by atoms with E-state index >= 15 is 4.39 Å². The minimum absolute atomic E-state index is 0.0932. The summed E-state index contributed by atoms with van der Waals surface area (Å²) in [6.45, 7) is 5.52. The number of carbonyl (C=O) groups is 2. The van der Waals surface area contributed by atoms with Crippen LogP contribution < -0.4 is 0 Å². The Hall–Kier alpha value is -1.33. The highest BCUT2D eigenvalue weighted by Crippen LogP contribution is 2.34. The zero-order valence-electron chi connectivity index (χ0n) is 13.9. The van der Waals surface area contributed by atoms with E-state index in [9.17, 15) is 9.59 Å². The van der Waals surface area contributed by atoms with Gasteiger partial charge in [-0.15, -0.1) is 0 Å². The molecule has 1 fully saturated rings. The lowest BCUT2D eigenvalue weighted by Gasteiger charge is -2.36. The molecule has 132 valence electrons. The van der Waals surface area contributed by atoms with Gasteiger partial charge in [0.2, 0.25) is 5.78 Å². The van der Waals surface area contributed by atoms with Crippen LogP contribution in [0.4, 0.5) is 9.18 Å². The Morgan fingerprint density at radius 3 is 2.29 bits per heavy atom. The van der Waals surface area contributed by atoms with Crippen LogP contribution in [0.5, 0.6) is 0 Å². The van der Waals surface area contributed by atoms with E-state index in [1.54, 1.807) is 20.8 Å². The predicted molar refractivity (Wildman–Crippen MR) is 91.7 cm³/mol. The van der Waals surface area contributed by atoms with E-state index in [0.717, 1.165) is 0 Å². The summed E-state index contributed by atoms with van der Waals surface area (Å²) in [4.78, 5) is 26.0. The third-order valence-electron chi connectivity index (χ3n) is 3.79. The number of halogens is 3. The normalized spacial score (nSPS) is 17.5. The Balaban J connectivity index is 2.06. The number of ketones is 1. The van der Waals surface area contributed by atoms with Crippen molar-refractivity contribution in [3.63, 3.8) is 0 Å². The molecule has 24 heavy (non-hydrogen) atoms. The summed E-state index contributed by atoms with van der Waals surface area (Å²) in [5, 5.41) is 0.503. The zero-order chi connectivity index (χ0) is 18.1. The Labute approximate surface area is 150 Å². The number of hydrogen-bond acceptors (Lipinski definition) is 3. The molecule has 0 bridgehead atoms. The summed E-state index contributed by atoms with van der Waals surface area (Å²) in [6, 6.07) is 4.34. The molecule has 0 atom stereocenters. The van der Waals surface area contributed by atoms with Gasteiger partial charge in [0.1, 0.15) is 5.60 Å². The maximum Gasteiger partial charge on any atom is 0.410 e. The summed E-state index contributed by atoms with van der Waals surface area (Å²) in [5.74, 6) is -0.673. The standard InChI is InChI=1S/C17H20Cl2FNO3/c1-16(2,3)24-15(23)21-8-6-17(20,7-9-21)14(22)12-5-4-11(18)10-13(12)19/h4-5,10H,6-9H2,1-3H3. The van der Waals surface area contributed by atoms with Gasteiger partial charge in [0, 0.05) is 36.5 Å². The molecule has 0 aromatic heterocycles. The number of likely N-dealkylation sites (tertiary alicyclic amines) is 1. The van der Waals surface area contributed by atoms with Crippen LogP contribution in [-0.2, 0) is 4.74 Å². The summed E-state index contributed by atoms with van der Waals surface area (Å²) in [5.41, 5.74) is -2.56. The molecule has 1 heterocycles. The lowest BCUT2D eigenvalue weighted by Crippen LogP contribution is -2.49. The molecule has 2 rings (SSSR count). The number of nitrogens with zero attached hydrogens (tertiary/aromatic N) is 1. The van der Waals surface area contributed by atoms with Gasteiger partial charge in [-0.25, -0.2) is 9.18 Å². The van der Waals surface area contributed by atoms with Crippen LogP contribution in [0.3, 0.4) is 0 Å². The van der Waals surface area contributed by atoms with Crippen molar-refractivity contribution in [2.45, 2.75) is 44.9 Å². The summed E-state index contributed by atoms with van der Waals surface area (Å²) in [6.07, 6.45) is -0.685. The van der Waals surface area contributed by atoms with E-state index in [2.05, 4.69) is 0 Å². The molecule has 1 aliphatic rings. The molecular formula is C17H20Cl2FNO3. The maximum atomic E-state index is 15.1. The second-order valence-electron chi connectivity index (χ2n) is 6.89. The van der Waals surface area contributed by atoms with Crippen LogP contribution in [0.2, 0.25) is 10.0 Å². The lowest BCUT2D eigenvalue weighted by atomic mass is 9.86. The molecule has 4 nitrogen and oxygen atoms in total. The Morgan fingerprint density at radius 2 is 1.79 bits per heavy atom. The van der Waals surface area contributed by atoms with Crippen LogP contribution in [0.15, 0.2) is 18.2 Å². The van der Waals surface area contributed by atoms with Crippen molar-refractivity contribution in [2.75, 3.05) is 13.1 Å². The van der Waals surface area contributed by atoms with E-state index in [4.69, 9.17) is 27.9 Å². The van der Waals surface area contributed by atoms with E-state index in [0.29, 0.717) is 5.02 Å². The van der Waals surface area contributed by atoms with Gasteiger partial charge >= 0.3 is 6.09 Å². The third kappa shape index (κ3) is 4.39. The first-order valence-corrected chi connectivity index (χ1v) is 8.44. The van der Waals surface area contributed by atoms with E-state index in [1.165, 1.54) is 23.1 Å². The number of ether oxygens (including phenoxy) is 1. The molecule has 1 saturated heterocycles. The van der Waals surface area contributed by atoms with Gasteiger partial charge in [0.25, 0.3) is 0 Å². The Bertz CT molecular complexity index is 650. The molecule has 0 N–H and O–H groups in total. The molecule has 1 aliphatic heterocycles. The van der Waals surface area contributed by atoms with Crippen LogP contribution in [0.1, 0.15) is 44.0 Å². The number of rotatable bonds is 2. The minimum atomic E-state index is -2.05. The number of amides is 1. The SMILES string of the molecule is CC(C)(C)OC(=O)N1CCC(F)(C(=O)c2ccc(Cl)cc2Cl)CC1. The number of hydrogen-bond donors (Lipinski definition) is 0. The molecule has 7 heteroatoms. The first-order chi connectivity index (χ1) is 11.0. The van der Waals surface area contributed by atoms with Crippen molar-refractivity contribution in [2.24, 2.45) is 0 Å². The van der Waals surface area contributed by atoms with E-state index < -0.39 is 23.1 Å². The average Bonchev–Trinajstić information content (AvgIpc) is 2.45. The van der Waals surface area contributed by atoms with Gasteiger partial charge in [-0.1, -0.05) is 23.2 Å². The maximum absolute atomic E-state index is 15.1. The van der Waals surface area contributed by atoms with Crippen molar-refractivity contribution in [3.05, 3.63) is 33.8 Å². The van der Waals surface area contributed by atoms with Crippen LogP contribution >= 0.6 is 23.2 Å². The van der Waals surface area contributed by atoms with Crippen molar-refractivity contribution in [1.82, 2.24) is 4.90 Å². The molecule has 0 unspecified atom stereocenters. The van der Waals surface area contributed by atoms with E-state index in [-0.39, 0.29) is 36.5 Å². The predicted octanol–water partition coefficient (Wildman–Crippen LogP) is 4.92. The van der Waals surface area contributed by atoms with Crippen LogP contribution in [0, 0.1) is 0 Å². The minimum Gasteiger partial charge on any atom is -0.444 e. The lowest BCUT2D eigenvalue weighted by molar-refractivity contribution is 0.00501. The number of Topliss-reactive ketones (excluding diaryl/α,β-unsaturated/α-hetero) is 1. The second-order valence-corrected chi connectivity index (χ2v) is 7.73. The highest BCUT2D eigenvalue weighted by atomic mass is 35.5. The molecule has 0 radical (unpaired) electrons. The van der Waals surface area contributed by atoms with Crippen LogP contribution in [0.25, 0.3) is 0 Å². The Kier molecular flexibility index (Phi) is 5.45. The molecule has 0 aliphatic carbocycles. The van der Waals surface area contributed by atoms with E-state index in [1.807, 2.05) is 0 Å². The summed E-state index contributed by atoms with van der Waals surface area (Å²) >= 11 is 11.8. The largest absolute Gasteiger partial charge is 0.444 e. The first kappa shape index (κ1) is 19.0. The van der Waals surface area contributed by atoms with Gasteiger partial charge in [-0.3, -0.25) is 4.79 Å². The molecule has 0 spiro atoms. The third-order valence-corrected chi connectivity index (χ3v) is 4.34. The molecule has 1 amide bonds. The fourth-order valence-corrected chi connectivity index (χ4v) is 3.01. The number of alkyl halides is 1. The van der Waals surface area contributed by atoms with Crippen LogP contribution in [-0.4, -0.2) is 41.1 Å². The average molecular weight is 376 g/mol. The van der Waals surface area contributed by atoms with Gasteiger partial charge in [-0.05, 0) is 39.0 Å². The first-order valence-electron chi connectivity index (χ1n) is 7.68. The molecular weight excluding hydrogens is 356 g/mol. The zero-order valence-corrected chi connectivity index (χ0v) is 15.4. The van der Waals surface area contributed by atoms with Gasteiger partial charge in [-0.2, -0.15) is 0 Å². The van der Waals surface area contributed by atoms with Gasteiger partial charge < -0.3 is 9.64 Å². The van der Waals surface area contributed by atoms with Crippen molar-refractivity contribution in [1.29, 1.82) is 0 Å². The highest BCUT2D eigenvalue weighted by molar-refractivity contribution is 6.37. The molecule has 1 aromatic carbocycles. The Morgan fingerprint density at radius 1 is 1.21 bits per heavy atom. The number of piperidine rings is 1. The van der Waals surface area contributed by atoms with Crippen molar-refractivity contribution in [3.8, 4) is 0 Å². The number of benzene rings is 1. The smallest absolute Gasteiger partial charge is 0.410 e.